The van der Waals surface area contributed by atoms with E-state index in [2.05, 4.69) is 102 Å². The van der Waals surface area contributed by atoms with Gasteiger partial charge < -0.3 is 14.7 Å². The largest absolute Gasteiger partial charge is 0.497 e. The molecule has 0 fully saturated rings. The Morgan fingerprint density at radius 1 is 0.541 bits per heavy atom. The fraction of sp³-hybridized carbons (Fsp3) is 0.118. The molecule has 3 nitrogen and oxygen atoms in total. The van der Waals surface area contributed by atoms with Crippen molar-refractivity contribution in [2.45, 2.75) is 20.8 Å². The standard InChI is InChI=1S/C32H24N2O.C2H6/c1-19-11-13-20(14-12-19)27-28(21-15-17-22(35-2)18-16-21)31-30(24-8-4-6-10-26(24)33-31)32-29(27)23-7-3-5-9-25(23)34-32;1-2/h3-18,33-34H,1-2H3;1-2H3. The highest BCUT2D eigenvalue weighted by molar-refractivity contribution is 6.32. The van der Waals surface area contributed by atoms with Crippen molar-refractivity contribution in [3.8, 4) is 28.0 Å². The van der Waals surface area contributed by atoms with E-state index in [1.54, 1.807) is 7.11 Å². The van der Waals surface area contributed by atoms with Crippen molar-refractivity contribution in [1.82, 2.24) is 9.97 Å². The average molecular weight is 483 g/mol. The summed E-state index contributed by atoms with van der Waals surface area (Å²) in [5.41, 5.74) is 10.7. The van der Waals surface area contributed by atoms with Crippen LogP contribution in [-0.2, 0) is 0 Å². The van der Waals surface area contributed by atoms with E-state index in [9.17, 15) is 0 Å². The minimum atomic E-state index is 0.853. The Morgan fingerprint density at radius 2 is 1.05 bits per heavy atom. The Morgan fingerprint density at radius 3 is 1.68 bits per heavy atom. The number of para-hydroxylation sites is 2. The Labute approximate surface area is 216 Å². The third-order valence-corrected chi connectivity index (χ3v) is 7.13. The van der Waals surface area contributed by atoms with E-state index in [0.29, 0.717) is 0 Å². The summed E-state index contributed by atoms with van der Waals surface area (Å²) in [6.45, 7) is 6.14. The summed E-state index contributed by atoms with van der Waals surface area (Å²) in [6.07, 6.45) is 0. The van der Waals surface area contributed by atoms with E-state index in [0.717, 1.165) is 27.9 Å². The average Bonchev–Trinajstić information content (AvgIpc) is 3.53. The molecule has 0 spiro atoms. The quantitative estimate of drug-likeness (QED) is 0.259. The predicted molar refractivity (Wildman–Crippen MR) is 159 cm³/mol. The molecule has 0 aliphatic rings. The number of methoxy groups -OCH3 is 1. The van der Waals surface area contributed by atoms with Gasteiger partial charge in [-0.3, -0.25) is 0 Å². The number of fused-ring (bicyclic) bond motifs is 7. The van der Waals surface area contributed by atoms with E-state index in [-0.39, 0.29) is 0 Å². The first-order valence-corrected chi connectivity index (χ1v) is 12.9. The first kappa shape index (κ1) is 22.9. The molecule has 37 heavy (non-hydrogen) atoms. The summed E-state index contributed by atoms with van der Waals surface area (Å²) >= 11 is 0. The summed E-state index contributed by atoms with van der Waals surface area (Å²) in [5, 5.41) is 4.95. The van der Waals surface area contributed by atoms with Crippen LogP contribution in [0.5, 0.6) is 5.75 Å². The van der Waals surface area contributed by atoms with Crippen LogP contribution in [0.25, 0.3) is 65.9 Å². The Hall–Kier alpha value is -4.50. The van der Waals surface area contributed by atoms with Crippen molar-refractivity contribution in [2.75, 3.05) is 7.11 Å². The molecule has 7 rings (SSSR count). The lowest BCUT2D eigenvalue weighted by molar-refractivity contribution is 0.415. The molecule has 2 heterocycles. The zero-order chi connectivity index (χ0) is 25.5. The van der Waals surface area contributed by atoms with Crippen molar-refractivity contribution in [3.63, 3.8) is 0 Å². The number of H-pyrrole nitrogens is 2. The number of rotatable bonds is 3. The van der Waals surface area contributed by atoms with Crippen molar-refractivity contribution >= 4 is 43.6 Å². The number of benzene rings is 5. The van der Waals surface area contributed by atoms with Gasteiger partial charge in [0, 0.05) is 43.7 Å². The minimum absolute atomic E-state index is 0.853. The van der Waals surface area contributed by atoms with Gasteiger partial charge >= 0.3 is 0 Å². The molecule has 0 aliphatic carbocycles. The molecule has 5 aromatic carbocycles. The third kappa shape index (κ3) is 3.58. The second-order valence-corrected chi connectivity index (χ2v) is 9.19. The molecule has 0 saturated carbocycles. The maximum Gasteiger partial charge on any atom is 0.118 e. The van der Waals surface area contributed by atoms with Gasteiger partial charge in [0.25, 0.3) is 0 Å². The van der Waals surface area contributed by atoms with E-state index in [1.165, 1.54) is 49.3 Å². The van der Waals surface area contributed by atoms with Gasteiger partial charge in [-0.15, -0.1) is 0 Å². The molecule has 0 saturated heterocycles. The van der Waals surface area contributed by atoms with Crippen molar-refractivity contribution in [3.05, 3.63) is 103 Å². The molecule has 0 aliphatic heterocycles. The lowest BCUT2D eigenvalue weighted by atomic mass is 9.88. The van der Waals surface area contributed by atoms with Gasteiger partial charge in [0.2, 0.25) is 0 Å². The molecule has 0 atom stereocenters. The van der Waals surface area contributed by atoms with Gasteiger partial charge in [-0.25, -0.2) is 0 Å². The van der Waals surface area contributed by atoms with Crippen LogP contribution in [0.15, 0.2) is 97.1 Å². The number of ether oxygens (including phenoxy) is 1. The molecule has 0 radical (unpaired) electrons. The second kappa shape index (κ2) is 9.18. The van der Waals surface area contributed by atoms with Crippen molar-refractivity contribution in [2.24, 2.45) is 0 Å². The zero-order valence-electron chi connectivity index (χ0n) is 21.6. The molecule has 7 aromatic rings. The van der Waals surface area contributed by atoms with Gasteiger partial charge in [0.05, 0.1) is 18.1 Å². The van der Waals surface area contributed by atoms with Gasteiger partial charge in [-0.1, -0.05) is 92.2 Å². The molecular weight excluding hydrogens is 452 g/mol. The Bertz CT molecular complexity index is 1870. The highest BCUT2D eigenvalue weighted by Crippen LogP contribution is 2.48. The molecule has 0 unspecified atom stereocenters. The lowest BCUT2D eigenvalue weighted by Crippen LogP contribution is -1.91. The molecule has 2 aromatic heterocycles. The van der Waals surface area contributed by atoms with E-state index < -0.39 is 0 Å². The summed E-state index contributed by atoms with van der Waals surface area (Å²) in [7, 11) is 1.71. The highest BCUT2D eigenvalue weighted by atomic mass is 16.5. The summed E-state index contributed by atoms with van der Waals surface area (Å²) in [5.74, 6) is 0.853. The van der Waals surface area contributed by atoms with Crippen LogP contribution in [0.4, 0.5) is 0 Å². The lowest BCUT2D eigenvalue weighted by Gasteiger charge is -2.16. The fourth-order valence-corrected chi connectivity index (χ4v) is 5.48. The summed E-state index contributed by atoms with van der Waals surface area (Å²) < 4.78 is 5.47. The van der Waals surface area contributed by atoms with Crippen molar-refractivity contribution < 1.29 is 4.74 Å². The van der Waals surface area contributed by atoms with Gasteiger partial charge in [-0.2, -0.15) is 0 Å². The fourth-order valence-electron chi connectivity index (χ4n) is 5.48. The van der Waals surface area contributed by atoms with E-state index in [1.807, 2.05) is 26.0 Å². The molecule has 182 valence electrons. The number of nitrogens with one attached hydrogen (secondary N) is 2. The van der Waals surface area contributed by atoms with Gasteiger partial charge in [0.1, 0.15) is 5.75 Å². The van der Waals surface area contributed by atoms with Crippen molar-refractivity contribution in [1.29, 1.82) is 0 Å². The Balaban J connectivity index is 0.00000123. The molecule has 2 N–H and O–H groups in total. The molecule has 3 heteroatoms. The highest BCUT2D eigenvalue weighted by Gasteiger charge is 2.23. The second-order valence-electron chi connectivity index (χ2n) is 9.19. The van der Waals surface area contributed by atoms with E-state index >= 15 is 0 Å². The van der Waals surface area contributed by atoms with Crippen LogP contribution in [0, 0.1) is 6.92 Å². The van der Waals surface area contributed by atoms with E-state index in [4.69, 9.17) is 4.74 Å². The molecule has 0 amide bonds. The SMILES string of the molecule is CC.COc1ccc(-c2c(-c3ccc(C)cc3)c3c4ccccc4[nH]c3c3c2[nH]c2ccccc23)cc1. The van der Waals surface area contributed by atoms with Crippen LogP contribution in [0.1, 0.15) is 19.4 Å². The maximum absolute atomic E-state index is 5.47. The topological polar surface area (TPSA) is 40.8 Å². The number of aryl methyl sites for hydroxylation is 1. The van der Waals surface area contributed by atoms with Gasteiger partial charge in [0.15, 0.2) is 0 Å². The van der Waals surface area contributed by atoms with Crippen LogP contribution >= 0.6 is 0 Å². The Kier molecular flexibility index (Phi) is 5.69. The summed E-state index contributed by atoms with van der Waals surface area (Å²) in [4.78, 5) is 7.56. The predicted octanol–water partition coefficient (Wildman–Crippen LogP) is 9.63. The third-order valence-electron chi connectivity index (χ3n) is 7.13. The molecule has 0 bridgehead atoms. The van der Waals surface area contributed by atoms with Crippen LogP contribution in [-0.4, -0.2) is 17.1 Å². The zero-order valence-corrected chi connectivity index (χ0v) is 21.6. The van der Waals surface area contributed by atoms with Gasteiger partial charge in [-0.05, 0) is 42.3 Å². The van der Waals surface area contributed by atoms with Crippen LogP contribution < -0.4 is 4.74 Å². The van der Waals surface area contributed by atoms with Crippen LogP contribution in [0.3, 0.4) is 0 Å². The summed E-state index contributed by atoms with van der Waals surface area (Å²) in [6, 6.07) is 34.5. The minimum Gasteiger partial charge on any atom is -0.497 e. The number of hydrogen-bond donors (Lipinski definition) is 2. The molecular formula is C34H30N2O. The monoisotopic (exact) mass is 482 g/mol. The smallest absolute Gasteiger partial charge is 0.118 e. The number of aromatic amines is 2. The normalized spacial score (nSPS) is 11.2. The number of aromatic nitrogens is 2. The first-order chi connectivity index (χ1) is 18.2. The number of hydrogen-bond acceptors (Lipinski definition) is 1. The first-order valence-electron chi connectivity index (χ1n) is 12.9. The maximum atomic E-state index is 5.47. The van der Waals surface area contributed by atoms with Crippen LogP contribution in [0.2, 0.25) is 0 Å².